The van der Waals surface area contributed by atoms with Gasteiger partial charge in [-0.05, 0) is 37.1 Å². The van der Waals surface area contributed by atoms with Gasteiger partial charge in [-0.25, -0.2) is 8.42 Å². The van der Waals surface area contributed by atoms with Crippen LogP contribution in [0.5, 0.6) is 0 Å². The molecule has 0 aliphatic heterocycles. The van der Waals surface area contributed by atoms with Crippen molar-refractivity contribution in [2.45, 2.75) is 37.6 Å². The summed E-state index contributed by atoms with van der Waals surface area (Å²) in [7, 11) is -3.09. The molecular formula is C12H19NO2S. The number of benzene rings is 1. The lowest BCUT2D eigenvalue weighted by atomic mass is 10.1. The molecule has 0 bridgehead atoms. The molecule has 0 aliphatic carbocycles. The zero-order valence-electron chi connectivity index (χ0n) is 10.0. The summed E-state index contributed by atoms with van der Waals surface area (Å²) in [5.41, 5.74) is 0.973. The van der Waals surface area contributed by atoms with Crippen molar-refractivity contribution in [3.63, 3.8) is 0 Å². The standard InChI is InChI=1S/C12H19NO2S/c1-4-10(5-2)13-11-6-8-12(9-7-11)16(3,14)15/h6-10,13H,4-5H2,1-3H3. The van der Waals surface area contributed by atoms with E-state index in [1.165, 1.54) is 6.26 Å². The number of anilines is 1. The normalized spacial score (nSPS) is 11.8. The molecule has 0 aromatic heterocycles. The Morgan fingerprint density at radius 3 is 2.00 bits per heavy atom. The smallest absolute Gasteiger partial charge is 0.175 e. The molecule has 0 fully saturated rings. The minimum Gasteiger partial charge on any atom is -0.382 e. The molecule has 0 heterocycles. The van der Waals surface area contributed by atoms with Crippen LogP contribution in [0.3, 0.4) is 0 Å². The number of sulfone groups is 1. The van der Waals surface area contributed by atoms with Gasteiger partial charge in [-0.1, -0.05) is 13.8 Å². The highest BCUT2D eigenvalue weighted by molar-refractivity contribution is 7.90. The Morgan fingerprint density at radius 1 is 1.12 bits per heavy atom. The SMILES string of the molecule is CCC(CC)Nc1ccc(S(C)(=O)=O)cc1. The fourth-order valence-electron chi connectivity index (χ4n) is 1.53. The summed E-state index contributed by atoms with van der Waals surface area (Å²) >= 11 is 0. The van der Waals surface area contributed by atoms with Gasteiger partial charge in [-0.2, -0.15) is 0 Å². The van der Waals surface area contributed by atoms with Crippen LogP contribution in [0.2, 0.25) is 0 Å². The molecule has 1 aromatic carbocycles. The molecule has 1 rings (SSSR count). The monoisotopic (exact) mass is 241 g/mol. The molecule has 0 radical (unpaired) electrons. The summed E-state index contributed by atoms with van der Waals surface area (Å²) in [5.74, 6) is 0. The predicted molar refractivity (Wildman–Crippen MR) is 67.5 cm³/mol. The largest absolute Gasteiger partial charge is 0.382 e. The Kier molecular flexibility index (Phi) is 4.35. The molecule has 4 heteroatoms. The fraction of sp³-hybridized carbons (Fsp3) is 0.500. The summed E-state index contributed by atoms with van der Waals surface area (Å²) < 4.78 is 22.5. The van der Waals surface area contributed by atoms with Gasteiger partial charge in [-0.15, -0.1) is 0 Å². The van der Waals surface area contributed by atoms with Crippen LogP contribution < -0.4 is 5.32 Å². The van der Waals surface area contributed by atoms with Gasteiger partial charge in [0.05, 0.1) is 4.90 Å². The maximum atomic E-state index is 11.3. The van der Waals surface area contributed by atoms with E-state index in [0.29, 0.717) is 10.9 Å². The fourth-order valence-corrected chi connectivity index (χ4v) is 2.16. The Labute approximate surface area is 97.8 Å². The second-order valence-corrected chi connectivity index (χ2v) is 5.97. The van der Waals surface area contributed by atoms with Crippen molar-refractivity contribution in [3.05, 3.63) is 24.3 Å². The lowest BCUT2D eigenvalue weighted by molar-refractivity contribution is 0.602. The van der Waals surface area contributed by atoms with E-state index in [0.717, 1.165) is 18.5 Å². The van der Waals surface area contributed by atoms with E-state index in [9.17, 15) is 8.42 Å². The zero-order valence-corrected chi connectivity index (χ0v) is 10.8. The van der Waals surface area contributed by atoms with E-state index in [4.69, 9.17) is 0 Å². The number of hydrogen-bond donors (Lipinski definition) is 1. The van der Waals surface area contributed by atoms with Crippen LogP contribution in [0.25, 0.3) is 0 Å². The third-order valence-corrected chi connectivity index (χ3v) is 3.77. The maximum absolute atomic E-state index is 11.3. The van der Waals surface area contributed by atoms with Crippen LogP contribution in [-0.2, 0) is 9.84 Å². The van der Waals surface area contributed by atoms with Crippen LogP contribution in [0.15, 0.2) is 29.2 Å². The molecule has 1 N–H and O–H groups in total. The molecule has 0 saturated carbocycles. The van der Waals surface area contributed by atoms with Gasteiger partial charge in [0.25, 0.3) is 0 Å². The van der Waals surface area contributed by atoms with Gasteiger partial charge in [-0.3, -0.25) is 0 Å². The first-order chi connectivity index (χ1) is 7.47. The lowest BCUT2D eigenvalue weighted by Gasteiger charge is -2.16. The molecule has 16 heavy (non-hydrogen) atoms. The van der Waals surface area contributed by atoms with Crippen LogP contribution in [-0.4, -0.2) is 20.7 Å². The molecule has 1 aromatic rings. The van der Waals surface area contributed by atoms with Crippen molar-refractivity contribution in [1.29, 1.82) is 0 Å². The highest BCUT2D eigenvalue weighted by Crippen LogP contribution is 2.16. The van der Waals surface area contributed by atoms with Crippen molar-refractivity contribution in [1.82, 2.24) is 0 Å². The van der Waals surface area contributed by atoms with Crippen molar-refractivity contribution in [2.24, 2.45) is 0 Å². The molecule has 90 valence electrons. The van der Waals surface area contributed by atoms with Gasteiger partial charge in [0.15, 0.2) is 9.84 Å². The molecule has 3 nitrogen and oxygen atoms in total. The van der Waals surface area contributed by atoms with Gasteiger partial charge >= 0.3 is 0 Å². The highest BCUT2D eigenvalue weighted by atomic mass is 32.2. The van der Waals surface area contributed by atoms with Crippen molar-refractivity contribution < 1.29 is 8.42 Å². The molecule has 0 amide bonds. The van der Waals surface area contributed by atoms with Gasteiger partial charge in [0.2, 0.25) is 0 Å². The highest BCUT2D eigenvalue weighted by Gasteiger charge is 2.07. The first-order valence-electron chi connectivity index (χ1n) is 5.54. The molecular weight excluding hydrogens is 222 g/mol. The van der Waals surface area contributed by atoms with Crippen LogP contribution in [0.4, 0.5) is 5.69 Å². The quantitative estimate of drug-likeness (QED) is 0.862. The van der Waals surface area contributed by atoms with Crippen LogP contribution in [0, 0.1) is 0 Å². The Balaban J connectivity index is 2.80. The summed E-state index contributed by atoms with van der Waals surface area (Å²) in [4.78, 5) is 0.364. The molecule has 0 spiro atoms. The molecule has 0 unspecified atom stereocenters. The minimum atomic E-state index is -3.09. The summed E-state index contributed by atoms with van der Waals surface area (Å²) in [6, 6.07) is 7.35. The first kappa shape index (κ1) is 13.0. The van der Waals surface area contributed by atoms with Gasteiger partial charge in [0.1, 0.15) is 0 Å². The predicted octanol–water partition coefficient (Wildman–Crippen LogP) is 2.69. The van der Waals surface area contributed by atoms with Crippen LogP contribution in [0.1, 0.15) is 26.7 Å². The van der Waals surface area contributed by atoms with Crippen molar-refractivity contribution in [3.8, 4) is 0 Å². The molecule has 0 saturated heterocycles. The van der Waals surface area contributed by atoms with Gasteiger partial charge in [0, 0.05) is 18.0 Å². The lowest BCUT2D eigenvalue weighted by Crippen LogP contribution is -2.16. The third kappa shape index (κ3) is 3.52. The minimum absolute atomic E-state index is 0.364. The molecule has 0 atom stereocenters. The average Bonchev–Trinajstić information content (AvgIpc) is 2.25. The van der Waals surface area contributed by atoms with Gasteiger partial charge < -0.3 is 5.32 Å². The third-order valence-electron chi connectivity index (χ3n) is 2.64. The van der Waals surface area contributed by atoms with Crippen LogP contribution >= 0.6 is 0 Å². The van der Waals surface area contributed by atoms with Crippen molar-refractivity contribution in [2.75, 3.05) is 11.6 Å². The summed E-state index contributed by atoms with van der Waals surface area (Å²) in [6.45, 7) is 4.26. The van der Waals surface area contributed by atoms with E-state index < -0.39 is 9.84 Å². The van der Waals surface area contributed by atoms with E-state index in [1.807, 2.05) is 12.1 Å². The molecule has 0 aliphatic rings. The topological polar surface area (TPSA) is 46.2 Å². The maximum Gasteiger partial charge on any atom is 0.175 e. The van der Waals surface area contributed by atoms with Crippen molar-refractivity contribution >= 4 is 15.5 Å². The number of hydrogen-bond acceptors (Lipinski definition) is 3. The van der Waals surface area contributed by atoms with E-state index in [1.54, 1.807) is 12.1 Å². The average molecular weight is 241 g/mol. The summed E-state index contributed by atoms with van der Waals surface area (Å²) in [5, 5.41) is 3.36. The number of nitrogens with one attached hydrogen (secondary N) is 1. The Morgan fingerprint density at radius 2 is 1.62 bits per heavy atom. The summed E-state index contributed by atoms with van der Waals surface area (Å²) in [6.07, 6.45) is 3.34. The second kappa shape index (κ2) is 5.34. The first-order valence-corrected chi connectivity index (χ1v) is 7.43. The Bertz CT molecular complexity index is 419. The second-order valence-electron chi connectivity index (χ2n) is 3.95. The Hall–Kier alpha value is -1.03. The van der Waals surface area contributed by atoms with E-state index in [-0.39, 0.29) is 0 Å². The number of rotatable bonds is 5. The zero-order chi connectivity index (χ0) is 12.2. The van der Waals surface area contributed by atoms with E-state index in [2.05, 4.69) is 19.2 Å². The van der Waals surface area contributed by atoms with E-state index >= 15 is 0 Å².